The average molecular weight is 229 g/mol. The van der Waals surface area contributed by atoms with Crippen LogP contribution in [0.15, 0.2) is 30.5 Å². The smallest absolute Gasteiger partial charge is 0.0714 e. The van der Waals surface area contributed by atoms with Gasteiger partial charge in [0.15, 0.2) is 0 Å². The van der Waals surface area contributed by atoms with Crippen LogP contribution in [-0.2, 0) is 6.54 Å². The molecule has 1 fully saturated rings. The Morgan fingerprint density at radius 3 is 2.71 bits per heavy atom. The van der Waals surface area contributed by atoms with Gasteiger partial charge in [0.1, 0.15) is 0 Å². The van der Waals surface area contributed by atoms with Crippen LogP contribution in [-0.4, -0.2) is 29.1 Å². The Bertz CT molecular complexity index is 509. The molecule has 0 radical (unpaired) electrons. The van der Waals surface area contributed by atoms with E-state index < -0.39 is 0 Å². The molecule has 1 aliphatic rings. The molecule has 0 spiro atoms. The molecule has 1 aliphatic heterocycles. The van der Waals surface area contributed by atoms with Gasteiger partial charge < -0.3 is 15.2 Å². The van der Waals surface area contributed by atoms with E-state index in [9.17, 15) is 0 Å². The summed E-state index contributed by atoms with van der Waals surface area (Å²) in [6, 6.07) is 8.27. The van der Waals surface area contributed by atoms with Crippen molar-refractivity contribution in [1.29, 1.82) is 0 Å². The molecule has 3 rings (SSSR count). The fourth-order valence-electron chi connectivity index (χ4n) is 2.73. The number of hydrogen-bond acceptors (Lipinski definition) is 2. The Morgan fingerprint density at radius 2 is 1.88 bits per heavy atom. The Labute approximate surface area is 102 Å². The van der Waals surface area contributed by atoms with Gasteiger partial charge in [0, 0.05) is 24.7 Å². The van der Waals surface area contributed by atoms with Gasteiger partial charge in [-0.15, -0.1) is 0 Å². The van der Waals surface area contributed by atoms with Crippen LogP contribution in [0.3, 0.4) is 0 Å². The first-order chi connectivity index (χ1) is 8.34. The van der Waals surface area contributed by atoms with Gasteiger partial charge in [0.05, 0.1) is 11.2 Å². The minimum atomic E-state index is 0.883. The molecule has 0 unspecified atom stereocenters. The van der Waals surface area contributed by atoms with E-state index in [0.29, 0.717) is 0 Å². The van der Waals surface area contributed by atoms with Crippen LogP contribution in [0.4, 0.5) is 5.69 Å². The van der Waals surface area contributed by atoms with E-state index in [1.54, 1.807) is 0 Å². The SMILES string of the molecule is Nc1cccc2ccn(CCN3CCCC3)c12. The van der Waals surface area contributed by atoms with Gasteiger partial charge in [-0.05, 0) is 38.1 Å². The summed E-state index contributed by atoms with van der Waals surface area (Å²) in [5.74, 6) is 0. The van der Waals surface area contributed by atoms with Crippen LogP contribution in [0.1, 0.15) is 12.8 Å². The number of anilines is 1. The van der Waals surface area contributed by atoms with Crippen molar-refractivity contribution >= 4 is 16.6 Å². The summed E-state index contributed by atoms with van der Waals surface area (Å²) >= 11 is 0. The Morgan fingerprint density at radius 1 is 1.06 bits per heavy atom. The molecule has 0 amide bonds. The van der Waals surface area contributed by atoms with Gasteiger partial charge >= 0.3 is 0 Å². The monoisotopic (exact) mass is 229 g/mol. The standard InChI is InChI=1S/C14H19N3/c15-13-5-3-4-12-6-9-17(14(12)13)11-10-16-7-1-2-8-16/h3-6,9H,1-2,7-8,10-11,15H2. The molecule has 3 heteroatoms. The number of likely N-dealkylation sites (tertiary alicyclic amines) is 1. The predicted molar refractivity (Wildman–Crippen MR) is 72.0 cm³/mol. The molecule has 2 N–H and O–H groups in total. The highest BCUT2D eigenvalue weighted by atomic mass is 15.2. The highest BCUT2D eigenvalue weighted by Crippen LogP contribution is 2.22. The number of fused-ring (bicyclic) bond motifs is 1. The van der Waals surface area contributed by atoms with Gasteiger partial charge in [-0.2, -0.15) is 0 Å². The van der Waals surface area contributed by atoms with Crippen LogP contribution in [0.25, 0.3) is 10.9 Å². The second-order valence-electron chi connectivity index (χ2n) is 4.84. The number of rotatable bonds is 3. The van der Waals surface area contributed by atoms with Gasteiger partial charge in [-0.1, -0.05) is 12.1 Å². The van der Waals surface area contributed by atoms with Crippen LogP contribution in [0.5, 0.6) is 0 Å². The van der Waals surface area contributed by atoms with Crippen molar-refractivity contribution in [3.63, 3.8) is 0 Å². The lowest BCUT2D eigenvalue weighted by molar-refractivity contribution is 0.324. The number of hydrogen-bond donors (Lipinski definition) is 1. The lowest BCUT2D eigenvalue weighted by atomic mass is 10.2. The van der Waals surface area contributed by atoms with Crippen molar-refractivity contribution in [2.24, 2.45) is 0 Å². The highest BCUT2D eigenvalue weighted by molar-refractivity contribution is 5.90. The third-order valence-electron chi connectivity index (χ3n) is 3.68. The lowest BCUT2D eigenvalue weighted by Gasteiger charge is -2.15. The van der Waals surface area contributed by atoms with Crippen molar-refractivity contribution in [1.82, 2.24) is 9.47 Å². The van der Waals surface area contributed by atoms with Crippen molar-refractivity contribution in [2.45, 2.75) is 19.4 Å². The molecule has 0 aliphatic carbocycles. The van der Waals surface area contributed by atoms with Gasteiger partial charge in [-0.3, -0.25) is 0 Å². The van der Waals surface area contributed by atoms with E-state index >= 15 is 0 Å². The molecule has 0 bridgehead atoms. The second-order valence-corrected chi connectivity index (χ2v) is 4.84. The quantitative estimate of drug-likeness (QED) is 0.820. The Balaban J connectivity index is 1.80. The number of nitrogen functional groups attached to an aromatic ring is 1. The summed E-state index contributed by atoms with van der Waals surface area (Å²) in [6.07, 6.45) is 4.86. The summed E-state index contributed by atoms with van der Waals surface area (Å²) in [4.78, 5) is 2.53. The third kappa shape index (κ3) is 2.03. The maximum atomic E-state index is 6.05. The van der Waals surface area contributed by atoms with Crippen molar-refractivity contribution in [2.75, 3.05) is 25.4 Å². The van der Waals surface area contributed by atoms with Crippen molar-refractivity contribution in [3.05, 3.63) is 30.5 Å². The van der Waals surface area contributed by atoms with Crippen molar-refractivity contribution in [3.8, 4) is 0 Å². The first-order valence-electron chi connectivity index (χ1n) is 6.40. The summed E-state index contributed by atoms with van der Waals surface area (Å²) in [7, 11) is 0. The van der Waals surface area contributed by atoms with Crippen LogP contribution in [0, 0.1) is 0 Å². The van der Waals surface area contributed by atoms with Gasteiger partial charge in [-0.25, -0.2) is 0 Å². The predicted octanol–water partition coefficient (Wildman–Crippen LogP) is 2.32. The molecular formula is C14H19N3. The van der Waals surface area contributed by atoms with E-state index in [1.807, 2.05) is 12.1 Å². The largest absolute Gasteiger partial charge is 0.397 e. The fourth-order valence-corrected chi connectivity index (χ4v) is 2.73. The summed E-state index contributed by atoms with van der Waals surface area (Å²) in [6.45, 7) is 4.69. The molecule has 1 aromatic carbocycles. The molecule has 2 heterocycles. The second kappa shape index (κ2) is 4.41. The summed E-state index contributed by atoms with van der Waals surface area (Å²) < 4.78 is 2.28. The molecule has 1 saturated heterocycles. The van der Waals surface area contributed by atoms with Crippen LogP contribution in [0.2, 0.25) is 0 Å². The fraction of sp³-hybridized carbons (Fsp3) is 0.429. The average Bonchev–Trinajstić information content (AvgIpc) is 2.95. The summed E-state index contributed by atoms with van der Waals surface area (Å²) in [5, 5.41) is 1.24. The zero-order chi connectivity index (χ0) is 11.7. The molecule has 0 saturated carbocycles. The number of nitrogens with zero attached hydrogens (tertiary/aromatic N) is 2. The maximum Gasteiger partial charge on any atom is 0.0714 e. The zero-order valence-electron chi connectivity index (χ0n) is 10.1. The Hall–Kier alpha value is -1.48. The molecule has 0 atom stereocenters. The molecule has 2 aromatic rings. The van der Waals surface area contributed by atoms with Gasteiger partial charge in [0.2, 0.25) is 0 Å². The zero-order valence-corrected chi connectivity index (χ0v) is 10.1. The number of aromatic nitrogens is 1. The minimum Gasteiger partial charge on any atom is -0.397 e. The van der Waals surface area contributed by atoms with E-state index in [1.165, 1.54) is 36.8 Å². The van der Waals surface area contributed by atoms with Crippen molar-refractivity contribution < 1.29 is 0 Å². The Kier molecular flexibility index (Phi) is 2.77. The summed E-state index contributed by atoms with van der Waals surface area (Å²) in [5.41, 5.74) is 8.12. The number of benzene rings is 1. The van der Waals surface area contributed by atoms with Gasteiger partial charge in [0.25, 0.3) is 0 Å². The minimum absolute atomic E-state index is 0.883. The molecule has 17 heavy (non-hydrogen) atoms. The molecule has 1 aromatic heterocycles. The van der Waals surface area contributed by atoms with E-state index in [4.69, 9.17) is 5.73 Å². The topological polar surface area (TPSA) is 34.2 Å². The van der Waals surface area contributed by atoms with E-state index in [0.717, 1.165) is 18.8 Å². The number of para-hydroxylation sites is 1. The number of nitrogens with two attached hydrogens (primary N) is 1. The molecular weight excluding hydrogens is 210 g/mol. The maximum absolute atomic E-state index is 6.05. The van der Waals surface area contributed by atoms with E-state index in [2.05, 4.69) is 27.8 Å². The van der Waals surface area contributed by atoms with E-state index in [-0.39, 0.29) is 0 Å². The molecule has 3 nitrogen and oxygen atoms in total. The third-order valence-corrected chi connectivity index (χ3v) is 3.68. The first-order valence-corrected chi connectivity index (χ1v) is 6.40. The lowest BCUT2D eigenvalue weighted by Crippen LogP contribution is -2.23. The van der Waals surface area contributed by atoms with Crippen LogP contribution < -0.4 is 5.73 Å². The molecule has 90 valence electrons. The van der Waals surface area contributed by atoms with Crippen LogP contribution >= 0.6 is 0 Å². The highest BCUT2D eigenvalue weighted by Gasteiger charge is 2.11. The first kappa shape index (κ1) is 10.7. The normalized spacial score (nSPS) is 16.9.